The second-order valence-electron chi connectivity index (χ2n) is 6.26. The first-order valence-corrected chi connectivity index (χ1v) is 8.85. The van der Waals surface area contributed by atoms with Crippen LogP contribution in [0.1, 0.15) is 24.3 Å². The molecule has 0 aliphatic rings. The van der Waals surface area contributed by atoms with Gasteiger partial charge < -0.3 is 20.1 Å². The second-order valence-corrected chi connectivity index (χ2v) is 6.26. The van der Waals surface area contributed by atoms with Crippen LogP contribution in [-0.2, 0) is 0 Å². The molecular formula is C21H22N4O3. The van der Waals surface area contributed by atoms with Crippen LogP contribution >= 0.6 is 0 Å². The van der Waals surface area contributed by atoms with E-state index in [-0.39, 0.29) is 17.7 Å². The first-order chi connectivity index (χ1) is 13.5. The van der Waals surface area contributed by atoms with Gasteiger partial charge in [-0.2, -0.15) is 0 Å². The van der Waals surface area contributed by atoms with Crippen LogP contribution in [-0.4, -0.2) is 29.1 Å². The van der Waals surface area contributed by atoms with Crippen molar-refractivity contribution in [3.8, 4) is 11.5 Å². The summed E-state index contributed by atoms with van der Waals surface area (Å²) in [6.45, 7) is 3.86. The van der Waals surface area contributed by atoms with Gasteiger partial charge in [0.2, 0.25) is 0 Å². The van der Waals surface area contributed by atoms with Crippen LogP contribution in [0.5, 0.6) is 11.5 Å². The zero-order valence-corrected chi connectivity index (χ0v) is 16.0. The third-order valence-corrected chi connectivity index (χ3v) is 3.72. The molecule has 2 N–H and O–H groups in total. The number of hydrogen-bond donors (Lipinski definition) is 2. The third kappa shape index (κ3) is 4.97. The summed E-state index contributed by atoms with van der Waals surface area (Å²) in [5, 5.41) is 5.93. The van der Waals surface area contributed by atoms with Gasteiger partial charge in [-0.1, -0.05) is 18.2 Å². The number of aromatic nitrogens is 2. The number of carbonyl (C=O) groups excluding carboxylic acids is 1. The van der Waals surface area contributed by atoms with Crippen LogP contribution in [0.25, 0.3) is 0 Å². The highest BCUT2D eigenvalue weighted by atomic mass is 16.5. The lowest BCUT2D eigenvalue weighted by Crippen LogP contribution is -2.16. The van der Waals surface area contributed by atoms with Gasteiger partial charge in [0.25, 0.3) is 5.91 Å². The van der Waals surface area contributed by atoms with E-state index in [0.717, 1.165) is 11.4 Å². The normalized spacial score (nSPS) is 10.4. The number of carbonyl (C=O) groups is 1. The van der Waals surface area contributed by atoms with E-state index in [9.17, 15) is 4.79 Å². The van der Waals surface area contributed by atoms with E-state index in [0.29, 0.717) is 17.3 Å². The Morgan fingerprint density at radius 1 is 1.04 bits per heavy atom. The van der Waals surface area contributed by atoms with Crippen LogP contribution in [0.2, 0.25) is 0 Å². The van der Waals surface area contributed by atoms with Gasteiger partial charge in [-0.15, -0.1) is 0 Å². The molecule has 0 fully saturated rings. The second kappa shape index (κ2) is 8.85. The first kappa shape index (κ1) is 19.2. The number of hydrogen-bond acceptors (Lipinski definition) is 6. The smallest absolute Gasteiger partial charge is 0.275 e. The van der Waals surface area contributed by atoms with Crippen molar-refractivity contribution in [3.63, 3.8) is 0 Å². The predicted octanol–water partition coefficient (Wildman–Crippen LogP) is 4.27. The third-order valence-electron chi connectivity index (χ3n) is 3.72. The molecule has 1 amide bonds. The SMILES string of the molecule is COc1cccc(Nc2cnc(C(=O)Nc3ccccc3OC(C)C)cn2)c1. The fourth-order valence-corrected chi connectivity index (χ4v) is 2.47. The minimum absolute atomic E-state index is 0.000174. The molecule has 1 aromatic heterocycles. The van der Waals surface area contributed by atoms with Crippen molar-refractivity contribution in [2.24, 2.45) is 0 Å². The van der Waals surface area contributed by atoms with Crippen molar-refractivity contribution in [3.05, 3.63) is 66.6 Å². The first-order valence-electron chi connectivity index (χ1n) is 8.85. The highest BCUT2D eigenvalue weighted by Crippen LogP contribution is 2.25. The number of rotatable bonds is 7. The lowest BCUT2D eigenvalue weighted by Gasteiger charge is -2.14. The monoisotopic (exact) mass is 378 g/mol. The van der Waals surface area contributed by atoms with Gasteiger partial charge in [-0.05, 0) is 38.1 Å². The molecule has 0 aliphatic carbocycles. The van der Waals surface area contributed by atoms with Gasteiger partial charge in [-0.3, -0.25) is 4.79 Å². The summed E-state index contributed by atoms with van der Waals surface area (Å²) in [5.74, 6) is 1.50. The average Bonchev–Trinajstić information content (AvgIpc) is 2.70. The van der Waals surface area contributed by atoms with E-state index in [2.05, 4.69) is 20.6 Å². The Bertz CT molecular complexity index is 942. The van der Waals surface area contributed by atoms with Crippen molar-refractivity contribution < 1.29 is 14.3 Å². The Morgan fingerprint density at radius 3 is 2.57 bits per heavy atom. The van der Waals surface area contributed by atoms with Crippen molar-refractivity contribution in [1.82, 2.24) is 9.97 Å². The van der Waals surface area contributed by atoms with Crippen LogP contribution < -0.4 is 20.1 Å². The summed E-state index contributed by atoms with van der Waals surface area (Å²) >= 11 is 0. The quantitative estimate of drug-likeness (QED) is 0.639. The fraction of sp³-hybridized carbons (Fsp3) is 0.190. The summed E-state index contributed by atoms with van der Waals surface area (Å²) < 4.78 is 10.9. The Morgan fingerprint density at radius 2 is 1.86 bits per heavy atom. The molecule has 3 aromatic rings. The van der Waals surface area contributed by atoms with E-state index in [1.807, 2.05) is 56.3 Å². The number of nitrogens with one attached hydrogen (secondary N) is 2. The van der Waals surface area contributed by atoms with Crippen LogP contribution in [0.4, 0.5) is 17.2 Å². The number of anilines is 3. The predicted molar refractivity (Wildman–Crippen MR) is 108 cm³/mol. The van der Waals surface area contributed by atoms with Gasteiger partial charge in [0.15, 0.2) is 0 Å². The van der Waals surface area contributed by atoms with E-state index in [1.165, 1.54) is 12.4 Å². The molecule has 0 saturated carbocycles. The fourth-order valence-electron chi connectivity index (χ4n) is 2.47. The Balaban J connectivity index is 1.69. The number of benzene rings is 2. The maximum Gasteiger partial charge on any atom is 0.275 e. The minimum atomic E-state index is -0.361. The van der Waals surface area contributed by atoms with Crippen LogP contribution in [0.15, 0.2) is 60.9 Å². The molecule has 0 unspecified atom stereocenters. The highest BCUT2D eigenvalue weighted by molar-refractivity contribution is 6.03. The summed E-state index contributed by atoms with van der Waals surface area (Å²) in [4.78, 5) is 21.0. The minimum Gasteiger partial charge on any atom is -0.497 e. The largest absolute Gasteiger partial charge is 0.497 e. The van der Waals surface area contributed by atoms with Gasteiger partial charge in [0.05, 0.1) is 31.3 Å². The van der Waals surface area contributed by atoms with Crippen molar-refractivity contribution in [1.29, 1.82) is 0 Å². The molecule has 0 bridgehead atoms. The molecule has 2 aromatic carbocycles. The van der Waals surface area contributed by atoms with Crippen LogP contribution in [0, 0.1) is 0 Å². The molecule has 28 heavy (non-hydrogen) atoms. The Kier molecular flexibility index (Phi) is 6.06. The molecule has 3 rings (SSSR count). The molecule has 144 valence electrons. The lowest BCUT2D eigenvalue weighted by atomic mass is 10.2. The van der Waals surface area contributed by atoms with Gasteiger partial charge in [0, 0.05) is 11.8 Å². The number of para-hydroxylation sites is 2. The van der Waals surface area contributed by atoms with Crippen molar-refractivity contribution in [2.75, 3.05) is 17.7 Å². The molecular weight excluding hydrogens is 356 g/mol. The van der Waals surface area contributed by atoms with E-state index >= 15 is 0 Å². The Labute approximate surface area is 163 Å². The van der Waals surface area contributed by atoms with Crippen LogP contribution in [0.3, 0.4) is 0 Å². The Hall–Kier alpha value is -3.61. The van der Waals surface area contributed by atoms with Gasteiger partial charge >= 0.3 is 0 Å². The molecule has 0 aliphatic heterocycles. The van der Waals surface area contributed by atoms with Gasteiger partial charge in [-0.25, -0.2) is 9.97 Å². The lowest BCUT2D eigenvalue weighted by molar-refractivity contribution is 0.102. The number of nitrogens with zero attached hydrogens (tertiary/aromatic N) is 2. The summed E-state index contributed by atoms with van der Waals surface area (Å²) in [6, 6.07) is 14.7. The summed E-state index contributed by atoms with van der Waals surface area (Å²) in [6.07, 6.45) is 2.93. The van der Waals surface area contributed by atoms with E-state index < -0.39 is 0 Å². The zero-order valence-electron chi connectivity index (χ0n) is 16.0. The molecule has 1 heterocycles. The zero-order chi connectivity index (χ0) is 19.9. The summed E-state index contributed by atoms with van der Waals surface area (Å²) in [5.41, 5.74) is 1.60. The maximum atomic E-state index is 12.5. The van der Waals surface area contributed by atoms with Crippen molar-refractivity contribution in [2.45, 2.75) is 20.0 Å². The molecule has 0 atom stereocenters. The van der Waals surface area contributed by atoms with Crippen molar-refractivity contribution >= 4 is 23.1 Å². The molecule has 0 saturated heterocycles. The number of ether oxygens (including phenoxy) is 2. The standard InChI is InChI=1S/C21H22N4O3/c1-14(2)28-19-10-5-4-9-17(19)25-21(26)18-12-23-20(13-22-18)24-15-7-6-8-16(11-15)27-3/h4-14H,1-3H3,(H,23,24)(H,25,26). The molecule has 0 spiro atoms. The molecule has 0 radical (unpaired) electrons. The number of methoxy groups -OCH3 is 1. The highest BCUT2D eigenvalue weighted by Gasteiger charge is 2.12. The molecule has 7 heteroatoms. The van der Waals surface area contributed by atoms with Gasteiger partial charge in [0.1, 0.15) is 23.0 Å². The molecule has 7 nitrogen and oxygen atoms in total. The van der Waals surface area contributed by atoms with E-state index in [1.54, 1.807) is 13.2 Å². The summed E-state index contributed by atoms with van der Waals surface area (Å²) in [7, 11) is 1.61. The topological polar surface area (TPSA) is 85.4 Å². The average molecular weight is 378 g/mol. The maximum absolute atomic E-state index is 12.5. The number of amides is 1. The van der Waals surface area contributed by atoms with E-state index in [4.69, 9.17) is 9.47 Å².